The van der Waals surface area contributed by atoms with Gasteiger partial charge in [-0.3, -0.25) is 9.59 Å². The molecule has 162 valence electrons. The van der Waals surface area contributed by atoms with Crippen molar-refractivity contribution in [1.29, 1.82) is 0 Å². The van der Waals surface area contributed by atoms with Crippen LogP contribution in [0.5, 0.6) is 0 Å². The van der Waals surface area contributed by atoms with Gasteiger partial charge in [0.1, 0.15) is 0 Å². The van der Waals surface area contributed by atoms with Crippen molar-refractivity contribution >= 4 is 11.9 Å². The summed E-state index contributed by atoms with van der Waals surface area (Å²) in [7, 11) is 0. The number of allylic oxidation sites excluding steroid dienone is 1. The molecule has 0 saturated heterocycles. The number of carbonyl (C=O) groups is 2. The summed E-state index contributed by atoms with van der Waals surface area (Å²) in [6.45, 7) is 5.40. The molecule has 0 aliphatic heterocycles. The minimum atomic E-state index is -0.305. The fraction of sp³-hybridized carbons (Fsp3) is 0.833. The zero-order valence-electron chi connectivity index (χ0n) is 18.3. The summed E-state index contributed by atoms with van der Waals surface area (Å²) in [6, 6.07) is 0. The van der Waals surface area contributed by atoms with Gasteiger partial charge in [-0.2, -0.15) is 0 Å². The first-order chi connectivity index (χ1) is 13.7. The number of rotatable bonds is 16. The number of esters is 2. The van der Waals surface area contributed by atoms with E-state index in [1.54, 1.807) is 0 Å². The third-order valence-electron chi connectivity index (χ3n) is 5.45. The van der Waals surface area contributed by atoms with Crippen LogP contribution in [-0.4, -0.2) is 25.2 Å². The van der Waals surface area contributed by atoms with Gasteiger partial charge in [0.15, 0.2) is 0 Å². The fourth-order valence-electron chi connectivity index (χ4n) is 3.59. The van der Waals surface area contributed by atoms with E-state index in [1.807, 2.05) is 12.2 Å². The minimum Gasteiger partial charge on any atom is -0.465 e. The van der Waals surface area contributed by atoms with Crippen LogP contribution in [0.25, 0.3) is 0 Å². The number of ether oxygens (including phenoxy) is 2. The first-order valence-corrected chi connectivity index (χ1v) is 11.7. The molecule has 0 fully saturated rings. The first-order valence-electron chi connectivity index (χ1n) is 11.7. The first kappa shape index (κ1) is 24.7. The second-order valence-electron chi connectivity index (χ2n) is 8.07. The van der Waals surface area contributed by atoms with E-state index < -0.39 is 0 Å². The maximum absolute atomic E-state index is 12.3. The Morgan fingerprint density at radius 3 is 1.82 bits per heavy atom. The van der Waals surface area contributed by atoms with Crippen LogP contribution in [0.1, 0.15) is 104 Å². The van der Waals surface area contributed by atoms with Crippen LogP contribution in [0.3, 0.4) is 0 Å². The van der Waals surface area contributed by atoms with Gasteiger partial charge < -0.3 is 9.47 Å². The molecule has 1 aliphatic carbocycles. The maximum Gasteiger partial charge on any atom is 0.312 e. The molecule has 0 N–H and O–H groups in total. The van der Waals surface area contributed by atoms with E-state index in [1.165, 1.54) is 51.4 Å². The third kappa shape index (κ3) is 11.5. The average molecular weight is 395 g/mol. The van der Waals surface area contributed by atoms with Gasteiger partial charge in [0.2, 0.25) is 0 Å². The highest BCUT2D eigenvalue weighted by atomic mass is 16.5. The number of carbonyl (C=O) groups excluding carboxylic acids is 2. The van der Waals surface area contributed by atoms with Crippen molar-refractivity contribution in [3.05, 3.63) is 12.2 Å². The predicted octanol–water partition coefficient (Wildman–Crippen LogP) is 6.38. The summed E-state index contributed by atoms with van der Waals surface area (Å²) >= 11 is 0. The Bertz CT molecular complexity index is 444. The standard InChI is InChI=1S/C24H42O4/c1-3-5-7-9-11-13-18-27-23(25)21-16-15-17-22(20-21)24(26)28-19-14-12-10-8-6-4-2/h15-16,21-22H,3-14,17-20H2,1-2H3. The van der Waals surface area contributed by atoms with Crippen molar-refractivity contribution in [3.8, 4) is 0 Å². The van der Waals surface area contributed by atoms with Crippen LogP contribution in [-0.2, 0) is 19.1 Å². The lowest BCUT2D eigenvalue weighted by atomic mass is 9.86. The molecule has 0 amide bonds. The molecule has 4 nitrogen and oxygen atoms in total. The lowest BCUT2D eigenvalue weighted by Crippen LogP contribution is -2.27. The Hall–Kier alpha value is -1.32. The third-order valence-corrected chi connectivity index (χ3v) is 5.45. The van der Waals surface area contributed by atoms with Crippen molar-refractivity contribution in [2.24, 2.45) is 11.8 Å². The molecule has 28 heavy (non-hydrogen) atoms. The van der Waals surface area contributed by atoms with E-state index in [0.29, 0.717) is 26.1 Å². The molecule has 0 saturated carbocycles. The molecule has 0 aromatic rings. The van der Waals surface area contributed by atoms with Gasteiger partial charge in [-0.15, -0.1) is 0 Å². The maximum atomic E-state index is 12.3. The van der Waals surface area contributed by atoms with Crippen LogP contribution in [0.15, 0.2) is 12.2 Å². The molecule has 0 spiro atoms. The Kier molecular flexibility index (Phi) is 14.7. The van der Waals surface area contributed by atoms with E-state index >= 15 is 0 Å². The van der Waals surface area contributed by atoms with Gasteiger partial charge in [-0.1, -0.05) is 90.2 Å². The van der Waals surface area contributed by atoms with Crippen molar-refractivity contribution in [2.45, 2.75) is 104 Å². The Morgan fingerprint density at radius 2 is 1.25 bits per heavy atom. The lowest BCUT2D eigenvalue weighted by molar-refractivity contribution is -0.152. The van der Waals surface area contributed by atoms with Crippen molar-refractivity contribution in [2.75, 3.05) is 13.2 Å². The van der Waals surface area contributed by atoms with Gasteiger partial charge in [-0.25, -0.2) is 0 Å². The summed E-state index contributed by atoms with van der Waals surface area (Å²) in [5.41, 5.74) is 0. The van der Waals surface area contributed by atoms with Crippen molar-refractivity contribution < 1.29 is 19.1 Å². The van der Waals surface area contributed by atoms with Gasteiger partial charge in [-0.05, 0) is 25.7 Å². The molecule has 1 rings (SSSR count). The molecular weight excluding hydrogens is 352 g/mol. The molecule has 4 heteroatoms. The topological polar surface area (TPSA) is 52.6 Å². The van der Waals surface area contributed by atoms with Gasteiger partial charge >= 0.3 is 11.9 Å². The zero-order chi connectivity index (χ0) is 20.5. The molecule has 2 atom stereocenters. The largest absolute Gasteiger partial charge is 0.465 e. The molecular formula is C24H42O4. The predicted molar refractivity (Wildman–Crippen MR) is 114 cm³/mol. The summed E-state index contributed by atoms with van der Waals surface area (Å²) in [5.74, 6) is -0.873. The second kappa shape index (κ2) is 16.6. The molecule has 2 unspecified atom stereocenters. The highest BCUT2D eigenvalue weighted by Crippen LogP contribution is 2.26. The monoisotopic (exact) mass is 394 g/mol. The molecule has 0 radical (unpaired) electrons. The zero-order valence-corrected chi connectivity index (χ0v) is 18.3. The SMILES string of the molecule is CCCCCCCCOC(=O)C1C=CCC(C(=O)OCCCCCCCC)C1. The van der Waals surface area contributed by atoms with E-state index in [-0.39, 0.29) is 23.8 Å². The van der Waals surface area contributed by atoms with E-state index in [0.717, 1.165) is 25.7 Å². The Morgan fingerprint density at radius 1 is 0.750 bits per heavy atom. The summed E-state index contributed by atoms with van der Waals surface area (Å²) in [4.78, 5) is 24.5. The van der Waals surface area contributed by atoms with Crippen LogP contribution in [0.4, 0.5) is 0 Å². The van der Waals surface area contributed by atoms with Gasteiger partial charge in [0.05, 0.1) is 25.0 Å². The van der Waals surface area contributed by atoms with Crippen molar-refractivity contribution in [3.63, 3.8) is 0 Å². The van der Waals surface area contributed by atoms with E-state index in [2.05, 4.69) is 13.8 Å². The van der Waals surface area contributed by atoms with E-state index in [4.69, 9.17) is 9.47 Å². The molecule has 0 bridgehead atoms. The highest BCUT2D eigenvalue weighted by Gasteiger charge is 2.29. The van der Waals surface area contributed by atoms with Crippen LogP contribution in [0.2, 0.25) is 0 Å². The second-order valence-corrected chi connectivity index (χ2v) is 8.07. The molecule has 0 heterocycles. The number of unbranched alkanes of at least 4 members (excludes halogenated alkanes) is 10. The number of hydrogen-bond acceptors (Lipinski definition) is 4. The lowest BCUT2D eigenvalue weighted by Gasteiger charge is -2.22. The van der Waals surface area contributed by atoms with Crippen LogP contribution >= 0.6 is 0 Å². The Balaban J connectivity index is 2.15. The molecule has 1 aliphatic rings. The fourth-order valence-corrected chi connectivity index (χ4v) is 3.59. The molecule has 0 aromatic heterocycles. The minimum absolute atomic E-state index is 0.161. The van der Waals surface area contributed by atoms with E-state index in [9.17, 15) is 9.59 Å². The average Bonchev–Trinajstić information content (AvgIpc) is 2.72. The van der Waals surface area contributed by atoms with Gasteiger partial charge in [0.25, 0.3) is 0 Å². The van der Waals surface area contributed by atoms with Crippen molar-refractivity contribution in [1.82, 2.24) is 0 Å². The number of hydrogen-bond donors (Lipinski definition) is 0. The Labute approximate surface area is 172 Å². The molecule has 0 aromatic carbocycles. The summed E-state index contributed by atoms with van der Waals surface area (Å²) < 4.78 is 10.9. The summed E-state index contributed by atoms with van der Waals surface area (Å²) in [6.07, 6.45) is 19.1. The highest BCUT2D eigenvalue weighted by molar-refractivity contribution is 5.78. The smallest absolute Gasteiger partial charge is 0.312 e. The summed E-state index contributed by atoms with van der Waals surface area (Å²) in [5, 5.41) is 0. The van der Waals surface area contributed by atoms with Crippen LogP contribution < -0.4 is 0 Å². The van der Waals surface area contributed by atoms with Gasteiger partial charge in [0, 0.05) is 0 Å². The van der Waals surface area contributed by atoms with Crippen LogP contribution in [0, 0.1) is 11.8 Å². The quantitative estimate of drug-likeness (QED) is 0.173. The normalized spacial score (nSPS) is 18.8.